The summed E-state index contributed by atoms with van der Waals surface area (Å²) in [6.45, 7) is 0. The molecule has 0 aliphatic heterocycles. The van der Waals surface area contributed by atoms with Gasteiger partial charge in [0.2, 0.25) is 0 Å². The number of benzene rings is 2. The topological polar surface area (TPSA) is 63.6 Å². The molecule has 0 heterocycles. The summed E-state index contributed by atoms with van der Waals surface area (Å²) in [5, 5.41) is 9.24. The molecule has 112 valence electrons. The molecular formula is C17H13FO4. The first-order chi connectivity index (χ1) is 10.5. The molecule has 2 rings (SSSR count). The quantitative estimate of drug-likeness (QED) is 0.535. The van der Waals surface area contributed by atoms with Crippen LogP contribution in [0.4, 0.5) is 4.39 Å². The number of halogens is 1. The van der Waals surface area contributed by atoms with Crippen LogP contribution in [-0.4, -0.2) is 24.2 Å². The molecule has 4 nitrogen and oxygen atoms in total. The highest BCUT2D eigenvalue weighted by Crippen LogP contribution is 2.23. The molecule has 0 aliphatic rings. The van der Waals surface area contributed by atoms with Crippen molar-refractivity contribution in [1.29, 1.82) is 0 Å². The normalized spacial score (nSPS) is 11.1. The Morgan fingerprint density at radius 2 is 1.64 bits per heavy atom. The van der Waals surface area contributed by atoms with E-state index in [2.05, 4.69) is 0 Å². The molecule has 0 aromatic heterocycles. The fourth-order valence-electron chi connectivity index (χ4n) is 1.99. The molecule has 0 radical (unpaired) electrons. The smallest absolute Gasteiger partial charge is 0.338 e. The maximum absolute atomic E-state index is 13.0. The lowest BCUT2D eigenvalue weighted by molar-refractivity contribution is -0.133. The number of esters is 1. The Kier molecular flexibility index (Phi) is 4.68. The SMILES string of the molecule is COC(=O)C(=Cc1ccc(F)cc1)c1ccccc1C(=O)O. The fraction of sp³-hybridized carbons (Fsp3) is 0.0588. The van der Waals surface area contributed by atoms with E-state index in [1.807, 2.05) is 0 Å². The molecule has 0 unspecified atom stereocenters. The second-order valence-electron chi connectivity index (χ2n) is 4.45. The van der Waals surface area contributed by atoms with Gasteiger partial charge < -0.3 is 9.84 Å². The van der Waals surface area contributed by atoms with E-state index in [1.165, 1.54) is 49.6 Å². The van der Waals surface area contributed by atoms with Crippen LogP contribution in [0.1, 0.15) is 21.5 Å². The summed E-state index contributed by atoms with van der Waals surface area (Å²) in [7, 11) is 1.21. The van der Waals surface area contributed by atoms with Crippen LogP contribution < -0.4 is 0 Å². The highest BCUT2D eigenvalue weighted by Gasteiger charge is 2.19. The van der Waals surface area contributed by atoms with E-state index in [0.717, 1.165) is 0 Å². The summed E-state index contributed by atoms with van der Waals surface area (Å²) in [6.07, 6.45) is 1.47. The van der Waals surface area contributed by atoms with E-state index < -0.39 is 17.8 Å². The third-order valence-electron chi connectivity index (χ3n) is 3.03. The summed E-state index contributed by atoms with van der Waals surface area (Å²) in [5.41, 5.74) is 0.876. The Bertz CT molecular complexity index is 733. The van der Waals surface area contributed by atoms with Gasteiger partial charge in [0, 0.05) is 5.56 Å². The molecule has 0 spiro atoms. The number of hydrogen-bond acceptors (Lipinski definition) is 3. The Balaban J connectivity index is 2.59. The van der Waals surface area contributed by atoms with Crippen LogP contribution in [0.3, 0.4) is 0 Å². The highest BCUT2D eigenvalue weighted by molar-refractivity contribution is 6.23. The van der Waals surface area contributed by atoms with Crippen molar-refractivity contribution < 1.29 is 23.8 Å². The fourth-order valence-corrected chi connectivity index (χ4v) is 1.99. The van der Waals surface area contributed by atoms with Crippen molar-refractivity contribution in [1.82, 2.24) is 0 Å². The van der Waals surface area contributed by atoms with Gasteiger partial charge in [0.1, 0.15) is 5.82 Å². The van der Waals surface area contributed by atoms with Crippen molar-refractivity contribution in [3.63, 3.8) is 0 Å². The molecule has 5 heteroatoms. The van der Waals surface area contributed by atoms with Gasteiger partial charge in [-0.1, -0.05) is 30.3 Å². The third kappa shape index (κ3) is 3.38. The lowest BCUT2D eigenvalue weighted by Crippen LogP contribution is -2.09. The van der Waals surface area contributed by atoms with Gasteiger partial charge in [0.25, 0.3) is 0 Å². The summed E-state index contributed by atoms with van der Waals surface area (Å²) in [5.74, 6) is -2.22. The van der Waals surface area contributed by atoms with Gasteiger partial charge in [0.05, 0.1) is 18.2 Å². The van der Waals surface area contributed by atoms with E-state index in [4.69, 9.17) is 4.74 Å². The van der Waals surface area contributed by atoms with E-state index in [9.17, 15) is 19.1 Å². The van der Waals surface area contributed by atoms with Crippen molar-refractivity contribution >= 4 is 23.6 Å². The van der Waals surface area contributed by atoms with Gasteiger partial charge in [-0.3, -0.25) is 0 Å². The van der Waals surface area contributed by atoms with Gasteiger partial charge in [0.15, 0.2) is 0 Å². The number of rotatable bonds is 4. The van der Waals surface area contributed by atoms with Gasteiger partial charge >= 0.3 is 11.9 Å². The second kappa shape index (κ2) is 6.67. The third-order valence-corrected chi connectivity index (χ3v) is 3.03. The average molecular weight is 300 g/mol. The molecule has 0 aliphatic carbocycles. The Labute approximate surface area is 126 Å². The monoisotopic (exact) mass is 300 g/mol. The standard InChI is InChI=1S/C17H13FO4/c1-22-17(21)15(10-11-6-8-12(18)9-7-11)13-4-2-3-5-14(13)16(19)20/h2-10H,1H3,(H,19,20). The maximum atomic E-state index is 13.0. The van der Waals surface area contributed by atoms with E-state index >= 15 is 0 Å². The van der Waals surface area contributed by atoms with Crippen LogP contribution in [0.25, 0.3) is 11.6 Å². The number of hydrogen-bond donors (Lipinski definition) is 1. The first-order valence-corrected chi connectivity index (χ1v) is 6.41. The molecule has 22 heavy (non-hydrogen) atoms. The molecule has 0 fully saturated rings. The first-order valence-electron chi connectivity index (χ1n) is 6.41. The average Bonchev–Trinajstić information content (AvgIpc) is 2.53. The Morgan fingerprint density at radius 3 is 2.18 bits per heavy atom. The van der Waals surface area contributed by atoms with Gasteiger partial charge in [-0.05, 0) is 29.8 Å². The molecule has 0 saturated carbocycles. The molecule has 2 aromatic rings. The zero-order valence-electron chi connectivity index (χ0n) is 11.7. The van der Waals surface area contributed by atoms with Crippen molar-refractivity contribution in [3.05, 3.63) is 71.0 Å². The molecule has 0 saturated heterocycles. The molecule has 2 aromatic carbocycles. The molecule has 0 bridgehead atoms. The predicted octanol–water partition coefficient (Wildman–Crippen LogP) is 3.24. The van der Waals surface area contributed by atoms with E-state index in [0.29, 0.717) is 5.56 Å². The summed E-state index contributed by atoms with van der Waals surface area (Å²) >= 11 is 0. The lowest BCUT2D eigenvalue weighted by Gasteiger charge is -2.09. The van der Waals surface area contributed by atoms with Gasteiger partial charge in [-0.25, -0.2) is 14.0 Å². The van der Waals surface area contributed by atoms with Crippen LogP contribution in [-0.2, 0) is 9.53 Å². The predicted molar refractivity (Wildman–Crippen MR) is 79.7 cm³/mol. The van der Waals surface area contributed by atoms with Crippen molar-refractivity contribution in [2.75, 3.05) is 7.11 Å². The minimum atomic E-state index is -1.15. The van der Waals surface area contributed by atoms with Crippen molar-refractivity contribution in [3.8, 4) is 0 Å². The number of carboxylic acid groups (broad SMARTS) is 1. The summed E-state index contributed by atoms with van der Waals surface area (Å²) in [6, 6.07) is 11.6. The Morgan fingerprint density at radius 1 is 1.05 bits per heavy atom. The number of aromatic carboxylic acids is 1. The number of ether oxygens (including phenoxy) is 1. The zero-order valence-corrected chi connectivity index (χ0v) is 11.7. The second-order valence-corrected chi connectivity index (χ2v) is 4.45. The highest BCUT2D eigenvalue weighted by atomic mass is 19.1. The number of carboxylic acids is 1. The molecule has 1 N–H and O–H groups in total. The van der Waals surface area contributed by atoms with Crippen molar-refractivity contribution in [2.45, 2.75) is 0 Å². The minimum Gasteiger partial charge on any atom is -0.478 e. The minimum absolute atomic E-state index is 0.0127. The Hall–Kier alpha value is -2.95. The number of methoxy groups -OCH3 is 1. The van der Waals surface area contributed by atoms with Crippen molar-refractivity contribution in [2.24, 2.45) is 0 Å². The van der Waals surface area contributed by atoms with Crippen LogP contribution in [0, 0.1) is 5.82 Å². The number of carbonyl (C=O) groups excluding carboxylic acids is 1. The van der Waals surface area contributed by atoms with Crippen LogP contribution in [0.5, 0.6) is 0 Å². The van der Waals surface area contributed by atoms with Crippen LogP contribution >= 0.6 is 0 Å². The van der Waals surface area contributed by atoms with Gasteiger partial charge in [-0.2, -0.15) is 0 Å². The maximum Gasteiger partial charge on any atom is 0.338 e. The van der Waals surface area contributed by atoms with Crippen LogP contribution in [0.2, 0.25) is 0 Å². The van der Waals surface area contributed by atoms with Crippen LogP contribution in [0.15, 0.2) is 48.5 Å². The summed E-state index contributed by atoms with van der Waals surface area (Å²) in [4.78, 5) is 23.3. The molecule has 0 atom stereocenters. The molecule has 0 amide bonds. The zero-order chi connectivity index (χ0) is 16.1. The number of carbonyl (C=O) groups is 2. The summed E-state index contributed by atoms with van der Waals surface area (Å²) < 4.78 is 17.7. The molecular weight excluding hydrogens is 287 g/mol. The van der Waals surface area contributed by atoms with E-state index in [-0.39, 0.29) is 16.7 Å². The van der Waals surface area contributed by atoms with E-state index in [1.54, 1.807) is 12.1 Å². The lowest BCUT2D eigenvalue weighted by atomic mass is 9.97. The largest absolute Gasteiger partial charge is 0.478 e. The van der Waals surface area contributed by atoms with Gasteiger partial charge in [-0.15, -0.1) is 0 Å². The first kappa shape index (κ1) is 15.4.